The smallest absolute Gasteiger partial charge is 0.238 e. The molecular weight excluding hydrogens is 264 g/mol. The Labute approximate surface area is 126 Å². The Balaban J connectivity index is 1.50. The number of hydrazine groups is 1. The van der Waals surface area contributed by atoms with Gasteiger partial charge >= 0.3 is 0 Å². The van der Waals surface area contributed by atoms with Crippen molar-refractivity contribution in [3.8, 4) is 0 Å². The molecule has 2 aliphatic heterocycles. The summed E-state index contributed by atoms with van der Waals surface area (Å²) in [4.78, 5) is 14.7. The second kappa shape index (κ2) is 6.56. The average molecular weight is 288 g/mol. The summed E-state index contributed by atoms with van der Waals surface area (Å²) in [6.45, 7) is 2.13. The summed E-state index contributed by atoms with van der Waals surface area (Å²) in [6.07, 6.45) is 2.89. The number of nitrogens with one attached hydrogen (secondary N) is 3. The number of rotatable bonds is 3. The lowest BCUT2D eigenvalue weighted by atomic mass is 10.0. The number of amides is 1. The number of nitrogens with zero attached hydrogens (tertiary/aromatic N) is 1. The predicted molar refractivity (Wildman–Crippen MR) is 82.5 cm³/mol. The highest BCUT2D eigenvalue weighted by Gasteiger charge is 2.31. The molecule has 1 amide bonds. The van der Waals surface area contributed by atoms with E-state index in [4.69, 9.17) is 0 Å². The second-order valence-corrected chi connectivity index (χ2v) is 6.13. The van der Waals surface area contributed by atoms with Crippen molar-refractivity contribution in [1.82, 2.24) is 21.1 Å². The van der Waals surface area contributed by atoms with Crippen LogP contribution in [0, 0.1) is 0 Å². The quantitative estimate of drug-likeness (QED) is 0.770. The minimum absolute atomic E-state index is 0.121. The predicted octanol–water partition coefficient (Wildman–Crippen LogP) is 0.805. The molecule has 2 unspecified atom stereocenters. The largest absolute Gasteiger partial charge is 0.352 e. The molecule has 1 aromatic carbocycles. The lowest BCUT2D eigenvalue weighted by Crippen LogP contribution is -2.49. The molecular formula is C16H24N4O. The van der Waals surface area contributed by atoms with Crippen molar-refractivity contribution < 1.29 is 4.79 Å². The molecule has 0 saturated carbocycles. The van der Waals surface area contributed by atoms with Crippen LogP contribution in [-0.4, -0.2) is 43.0 Å². The molecule has 2 saturated heterocycles. The van der Waals surface area contributed by atoms with Gasteiger partial charge in [0, 0.05) is 12.1 Å². The highest BCUT2D eigenvalue weighted by atomic mass is 16.2. The van der Waals surface area contributed by atoms with Crippen molar-refractivity contribution in [2.24, 2.45) is 0 Å². The van der Waals surface area contributed by atoms with Gasteiger partial charge in [0.2, 0.25) is 5.91 Å². The van der Waals surface area contributed by atoms with Crippen LogP contribution in [0.2, 0.25) is 0 Å². The molecule has 2 atom stereocenters. The van der Waals surface area contributed by atoms with Gasteiger partial charge in [-0.1, -0.05) is 30.3 Å². The molecule has 3 rings (SSSR count). The van der Waals surface area contributed by atoms with Gasteiger partial charge < -0.3 is 10.2 Å². The van der Waals surface area contributed by atoms with E-state index in [1.165, 1.54) is 5.56 Å². The third kappa shape index (κ3) is 3.61. The minimum Gasteiger partial charge on any atom is -0.352 e. The van der Waals surface area contributed by atoms with Crippen LogP contribution < -0.4 is 16.2 Å². The molecule has 1 aromatic rings. The van der Waals surface area contributed by atoms with E-state index in [1.807, 2.05) is 18.2 Å². The fraction of sp³-hybridized carbons (Fsp3) is 0.562. The molecule has 0 aromatic heterocycles. The molecule has 2 fully saturated rings. The van der Waals surface area contributed by atoms with Gasteiger partial charge in [0.15, 0.2) is 0 Å². The van der Waals surface area contributed by atoms with Crippen LogP contribution >= 0.6 is 0 Å². The second-order valence-electron chi connectivity index (χ2n) is 6.13. The number of likely N-dealkylation sites (tertiary alicyclic amines) is 1. The Bertz CT molecular complexity index is 470. The van der Waals surface area contributed by atoms with Crippen LogP contribution in [0.3, 0.4) is 0 Å². The molecule has 21 heavy (non-hydrogen) atoms. The van der Waals surface area contributed by atoms with Crippen LogP contribution in [0.5, 0.6) is 0 Å². The van der Waals surface area contributed by atoms with E-state index in [9.17, 15) is 4.79 Å². The molecule has 114 valence electrons. The van der Waals surface area contributed by atoms with Crippen LogP contribution in [0.25, 0.3) is 0 Å². The van der Waals surface area contributed by atoms with Gasteiger partial charge in [-0.05, 0) is 45.0 Å². The number of benzene rings is 1. The monoisotopic (exact) mass is 288 g/mol. The van der Waals surface area contributed by atoms with Gasteiger partial charge in [0.25, 0.3) is 0 Å². The summed E-state index contributed by atoms with van der Waals surface area (Å²) in [5, 5.41) is 3.19. The minimum atomic E-state index is -0.144. The number of carbonyl (C=O) groups excluding carboxylic acids is 1. The van der Waals surface area contributed by atoms with Crippen molar-refractivity contribution in [3.05, 3.63) is 35.9 Å². The van der Waals surface area contributed by atoms with Crippen molar-refractivity contribution >= 4 is 5.91 Å². The van der Waals surface area contributed by atoms with E-state index >= 15 is 0 Å². The van der Waals surface area contributed by atoms with E-state index in [-0.39, 0.29) is 18.0 Å². The van der Waals surface area contributed by atoms with Gasteiger partial charge in [-0.25, -0.2) is 10.9 Å². The Morgan fingerprint density at radius 3 is 2.62 bits per heavy atom. The zero-order valence-electron chi connectivity index (χ0n) is 12.5. The summed E-state index contributed by atoms with van der Waals surface area (Å²) in [5.74, 6) is 0.121. The van der Waals surface area contributed by atoms with Crippen LogP contribution in [-0.2, 0) is 4.79 Å². The average Bonchev–Trinajstić information content (AvgIpc) is 3.00. The first-order valence-corrected chi connectivity index (χ1v) is 7.77. The molecule has 0 aliphatic carbocycles. The van der Waals surface area contributed by atoms with Crippen LogP contribution in [0.15, 0.2) is 30.3 Å². The van der Waals surface area contributed by atoms with E-state index < -0.39 is 0 Å². The Hall–Kier alpha value is -1.43. The zero-order chi connectivity index (χ0) is 14.7. The lowest BCUT2D eigenvalue weighted by molar-refractivity contribution is -0.123. The van der Waals surface area contributed by atoms with E-state index in [0.29, 0.717) is 6.04 Å². The van der Waals surface area contributed by atoms with Gasteiger partial charge in [-0.3, -0.25) is 4.79 Å². The van der Waals surface area contributed by atoms with E-state index in [2.05, 4.69) is 40.2 Å². The maximum Gasteiger partial charge on any atom is 0.238 e. The normalized spacial score (nSPS) is 27.7. The fourth-order valence-electron chi connectivity index (χ4n) is 3.09. The Morgan fingerprint density at radius 1 is 1.19 bits per heavy atom. The first-order valence-electron chi connectivity index (χ1n) is 7.77. The van der Waals surface area contributed by atoms with Gasteiger partial charge in [0.1, 0.15) is 6.04 Å². The topological polar surface area (TPSA) is 56.4 Å². The molecule has 0 spiro atoms. The maximum absolute atomic E-state index is 12.3. The van der Waals surface area contributed by atoms with Crippen LogP contribution in [0.1, 0.15) is 30.9 Å². The van der Waals surface area contributed by atoms with Crippen molar-refractivity contribution in [1.29, 1.82) is 0 Å². The van der Waals surface area contributed by atoms with Gasteiger partial charge in [-0.15, -0.1) is 0 Å². The highest BCUT2D eigenvalue weighted by molar-refractivity contribution is 5.82. The molecule has 2 aliphatic rings. The number of hydrogen-bond acceptors (Lipinski definition) is 4. The Morgan fingerprint density at radius 2 is 1.90 bits per heavy atom. The molecule has 3 N–H and O–H groups in total. The standard InChI is InChI=1S/C16H24N4O/c1-20-9-7-13(8-10-20)17-16(21)15-11-14(18-19-15)12-5-3-2-4-6-12/h2-6,13-15,18-19H,7-11H2,1H3,(H,17,21). The van der Waals surface area contributed by atoms with E-state index in [0.717, 1.165) is 32.4 Å². The summed E-state index contributed by atoms with van der Waals surface area (Å²) < 4.78 is 0. The molecule has 5 nitrogen and oxygen atoms in total. The first-order chi connectivity index (χ1) is 10.2. The third-order valence-electron chi connectivity index (χ3n) is 4.49. The first kappa shape index (κ1) is 14.5. The Kier molecular flexibility index (Phi) is 4.53. The summed E-state index contributed by atoms with van der Waals surface area (Å²) in [7, 11) is 2.13. The number of piperidine rings is 1. The number of carbonyl (C=O) groups is 1. The van der Waals surface area contributed by atoms with Crippen molar-refractivity contribution in [3.63, 3.8) is 0 Å². The third-order valence-corrected chi connectivity index (χ3v) is 4.49. The fourth-order valence-corrected chi connectivity index (χ4v) is 3.09. The number of hydrogen-bond donors (Lipinski definition) is 3. The summed E-state index contributed by atoms with van der Waals surface area (Å²) in [5.41, 5.74) is 7.58. The van der Waals surface area contributed by atoms with Crippen LogP contribution in [0.4, 0.5) is 0 Å². The van der Waals surface area contributed by atoms with Gasteiger partial charge in [0.05, 0.1) is 0 Å². The zero-order valence-corrected chi connectivity index (χ0v) is 12.5. The molecule has 2 heterocycles. The lowest BCUT2D eigenvalue weighted by Gasteiger charge is -2.30. The summed E-state index contributed by atoms with van der Waals surface area (Å²) in [6, 6.07) is 10.6. The SMILES string of the molecule is CN1CCC(NC(=O)C2CC(c3ccccc3)NN2)CC1. The highest BCUT2D eigenvalue weighted by Crippen LogP contribution is 2.22. The molecule has 0 bridgehead atoms. The maximum atomic E-state index is 12.3. The van der Waals surface area contributed by atoms with E-state index in [1.54, 1.807) is 0 Å². The molecule has 5 heteroatoms. The van der Waals surface area contributed by atoms with Crippen molar-refractivity contribution in [2.75, 3.05) is 20.1 Å². The summed E-state index contributed by atoms with van der Waals surface area (Å²) >= 11 is 0. The van der Waals surface area contributed by atoms with Crippen molar-refractivity contribution in [2.45, 2.75) is 37.4 Å². The van der Waals surface area contributed by atoms with Gasteiger partial charge in [-0.2, -0.15) is 0 Å². The molecule has 0 radical (unpaired) electrons.